The second-order valence-corrected chi connectivity index (χ2v) is 7.33. The summed E-state index contributed by atoms with van der Waals surface area (Å²) in [6, 6.07) is 0.490. The first-order chi connectivity index (χ1) is 11.0. The van der Waals surface area contributed by atoms with Crippen LogP contribution in [0.1, 0.15) is 32.1 Å². The molecule has 23 heavy (non-hydrogen) atoms. The molecule has 2 aliphatic heterocycles. The van der Waals surface area contributed by atoms with E-state index < -0.39 is 0 Å². The van der Waals surface area contributed by atoms with Crippen molar-refractivity contribution in [3.05, 3.63) is 0 Å². The van der Waals surface area contributed by atoms with Crippen LogP contribution in [0, 0.1) is 5.41 Å². The van der Waals surface area contributed by atoms with Gasteiger partial charge in [0.1, 0.15) is 6.54 Å². The summed E-state index contributed by atoms with van der Waals surface area (Å²) in [7, 11) is 3.50. The maximum absolute atomic E-state index is 11.8. The van der Waals surface area contributed by atoms with Crippen molar-refractivity contribution in [3.63, 3.8) is 0 Å². The summed E-state index contributed by atoms with van der Waals surface area (Å²) in [6.45, 7) is 2.70. The molecule has 2 amide bonds. The Kier molecular flexibility index (Phi) is 4.46. The lowest BCUT2D eigenvalue weighted by molar-refractivity contribution is -0.127. The quantitative estimate of drug-likeness (QED) is 0.557. The van der Waals surface area contributed by atoms with E-state index in [4.69, 9.17) is 0 Å². The number of hydrogen-bond donors (Lipinski definition) is 2. The van der Waals surface area contributed by atoms with Crippen molar-refractivity contribution in [1.29, 1.82) is 0 Å². The number of piperidine rings is 1. The summed E-state index contributed by atoms with van der Waals surface area (Å²) >= 11 is 0. The van der Waals surface area contributed by atoms with Gasteiger partial charge in [0, 0.05) is 51.6 Å². The number of hydrogen-bond acceptors (Lipinski definition) is 3. The summed E-state index contributed by atoms with van der Waals surface area (Å²) in [5.41, 5.74) is 0.0346. The topological polar surface area (TPSA) is 77.0 Å². The molecule has 3 fully saturated rings. The lowest BCUT2D eigenvalue weighted by Crippen LogP contribution is -2.52. The SMILES string of the molecule is CN(C)C(=O)CN=C(NC1CC1)N1CCCC2(CNC(=O)C2)C1. The zero-order valence-electron chi connectivity index (χ0n) is 14.1. The third-order valence-electron chi connectivity index (χ3n) is 4.93. The number of amides is 2. The van der Waals surface area contributed by atoms with Crippen molar-refractivity contribution in [2.75, 3.05) is 40.3 Å². The fraction of sp³-hybridized carbons (Fsp3) is 0.812. The summed E-state index contributed by atoms with van der Waals surface area (Å²) in [6.07, 6.45) is 5.08. The van der Waals surface area contributed by atoms with E-state index >= 15 is 0 Å². The summed E-state index contributed by atoms with van der Waals surface area (Å²) < 4.78 is 0. The van der Waals surface area contributed by atoms with Crippen LogP contribution in [0.5, 0.6) is 0 Å². The number of carbonyl (C=O) groups is 2. The first kappa shape index (κ1) is 16.1. The minimum Gasteiger partial charge on any atom is -0.355 e. The van der Waals surface area contributed by atoms with Crippen molar-refractivity contribution in [1.82, 2.24) is 20.4 Å². The van der Waals surface area contributed by atoms with Crippen molar-refractivity contribution < 1.29 is 9.59 Å². The van der Waals surface area contributed by atoms with E-state index in [2.05, 4.69) is 20.5 Å². The molecule has 0 radical (unpaired) electrons. The fourth-order valence-electron chi connectivity index (χ4n) is 3.36. The van der Waals surface area contributed by atoms with Gasteiger partial charge in [-0.05, 0) is 25.7 Å². The Hall–Kier alpha value is -1.79. The zero-order chi connectivity index (χ0) is 16.4. The van der Waals surface area contributed by atoms with Gasteiger partial charge in [-0.3, -0.25) is 9.59 Å². The van der Waals surface area contributed by atoms with Gasteiger partial charge in [0.2, 0.25) is 11.8 Å². The average molecular weight is 321 g/mol. The Morgan fingerprint density at radius 1 is 1.48 bits per heavy atom. The first-order valence-electron chi connectivity index (χ1n) is 8.50. The Bertz CT molecular complexity index is 515. The second-order valence-electron chi connectivity index (χ2n) is 7.33. The molecule has 1 saturated carbocycles. The molecule has 0 aromatic rings. The molecule has 1 unspecified atom stereocenters. The molecule has 7 heteroatoms. The molecular weight excluding hydrogens is 294 g/mol. The highest BCUT2D eigenvalue weighted by Crippen LogP contribution is 2.36. The summed E-state index contributed by atoms with van der Waals surface area (Å²) in [5.74, 6) is 0.994. The van der Waals surface area contributed by atoms with E-state index in [1.807, 2.05) is 0 Å². The van der Waals surface area contributed by atoms with Crippen LogP contribution >= 0.6 is 0 Å². The molecule has 3 rings (SSSR count). The van der Waals surface area contributed by atoms with Crippen LogP contribution in [0.2, 0.25) is 0 Å². The van der Waals surface area contributed by atoms with Crippen molar-refractivity contribution >= 4 is 17.8 Å². The van der Waals surface area contributed by atoms with Gasteiger partial charge in [0.15, 0.2) is 5.96 Å². The van der Waals surface area contributed by atoms with E-state index in [-0.39, 0.29) is 23.8 Å². The molecule has 0 bridgehead atoms. The van der Waals surface area contributed by atoms with Crippen LogP contribution in [0.25, 0.3) is 0 Å². The van der Waals surface area contributed by atoms with Crippen LogP contribution < -0.4 is 10.6 Å². The Morgan fingerprint density at radius 2 is 2.26 bits per heavy atom. The largest absolute Gasteiger partial charge is 0.355 e. The summed E-state index contributed by atoms with van der Waals surface area (Å²) in [5, 5.41) is 6.44. The lowest BCUT2D eigenvalue weighted by atomic mass is 9.79. The van der Waals surface area contributed by atoms with Gasteiger partial charge in [0.25, 0.3) is 0 Å². The smallest absolute Gasteiger partial charge is 0.243 e. The normalized spacial score (nSPS) is 28.0. The summed E-state index contributed by atoms with van der Waals surface area (Å²) in [4.78, 5) is 31.9. The molecule has 0 aromatic carbocycles. The molecule has 1 atom stereocenters. The Morgan fingerprint density at radius 3 is 2.87 bits per heavy atom. The molecule has 1 spiro atoms. The maximum atomic E-state index is 11.8. The van der Waals surface area contributed by atoms with E-state index in [0.29, 0.717) is 12.5 Å². The predicted octanol–water partition coefficient (Wildman–Crippen LogP) is -0.215. The van der Waals surface area contributed by atoms with Gasteiger partial charge in [-0.25, -0.2) is 4.99 Å². The monoisotopic (exact) mass is 321 g/mol. The highest BCUT2D eigenvalue weighted by atomic mass is 16.2. The molecule has 2 N–H and O–H groups in total. The van der Waals surface area contributed by atoms with Crippen LogP contribution in [0.15, 0.2) is 4.99 Å². The molecule has 3 aliphatic rings. The first-order valence-corrected chi connectivity index (χ1v) is 8.50. The van der Waals surface area contributed by atoms with E-state index in [9.17, 15) is 9.59 Å². The van der Waals surface area contributed by atoms with Crippen LogP contribution in [0.3, 0.4) is 0 Å². The molecule has 128 valence electrons. The molecule has 1 aliphatic carbocycles. The van der Waals surface area contributed by atoms with Gasteiger partial charge in [-0.1, -0.05) is 0 Å². The third kappa shape index (κ3) is 3.95. The third-order valence-corrected chi connectivity index (χ3v) is 4.93. The molecule has 2 heterocycles. The number of nitrogens with zero attached hydrogens (tertiary/aromatic N) is 3. The number of likely N-dealkylation sites (N-methyl/N-ethyl adjacent to an activating group) is 1. The van der Waals surface area contributed by atoms with Gasteiger partial charge in [-0.2, -0.15) is 0 Å². The van der Waals surface area contributed by atoms with Crippen molar-refractivity contribution in [3.8, 4) is 0 Å². The molecular formula is C16H27N5O2. The van der Waals surface area contributed by atoms with Crippen LogP contribution in [-0.2, 0) is 9.59 Å². The maximum Gasteiger partial charge on any atom is 0.243 e. The number of nitrogens with one attached hydrogen (secondary N) is 2. The fourth-order valence-corrected chi connectivity index (χ4v) is 3.36. The number of likely N-dealkylation sites (tertiary alicyclic amines) is 1. The van der Waals surface area contributed by atoms with Crippen molar-refractivity contribution in [2.45, 2.75) is 38.1 Å². The van der Waals surface area contributed by atoms with Crippen molar-refractivity contribution in [2.24, 2.45) is 10.4 Å². The van der Waals surface area contributed by atoms with E-state index in [1.165, 1.54) is 12.8 Å². The highest BCUT2D eigenvalue weighted by molar-refractivity contribution is 5.85. The minimum absolute atomic E-state index is 0.00419. The van der Waals surface area contributed by atoms with Gasteiger partial charge in [0.05, 0.1) is 0 Å². The standard InChI is InChI=1S/C16H27N5O2/c1-20(2)14(23)9-17-15(19-12-4-5-12)21-7-3-6-16(11-21)8-13(22)18-10-16/h12H,3-11H2,1-2H3,(H,17,19)(H,18,22). The Balaban J connectivity index is 1.69. The number of carbonyl (C=O) groups excluding carboxylic acids is 2. The van der Waals surface area contributed by atoms with E-state index in [0.717, 1.165) is 38.4 Å². The number of guanidine groups is 1. The Labute approximate surface area is 137 Å². The molecule has 7 nitrogen and oxygen atoms in total. The highest BCUT2D eigenvalue weighted by Gasteiger charge is 2.42. The van der Waals surface area contributed by atoms with Crippen LogP contribution in [0.4, 0.5) is 0 Å². The zero-order valence-corrected chi connectivity index (χ0v) is 14.1. The predicted molar refractivity (Wildman–Crippen MR) is 88.0 cm³/mol. The lowest BCUT2D eigenvalue weighted by Gasteiger charge is -2.41. The molecule has 0 aromatic heterocycles. The minimum atomic E-state index is 0.00419. The van der Waals surface area contributed by atoms with E-state index in [1.54, 1.807) is 19.0 Å². The number of aliphatic imine (C=N–C) groups is 1. The average Bonchev–Trinajstić information content (AvgIpc) is 3.27. The molecule has 2 saturated heterocycles. The number of rotatable bonds is 3. The second kappa shape index (κ2) is 6.37. The van der Waals surface area contributed by atoms with Gasteiger partial charge < -0.3 is 20.4 Å². The van der Waals surface area contributed by atoms with Crippen LogP contribution in [-0.4, -0.2) is 73.9 Å². The van der Waals surface area contributed by atoms with Gasteiger partial charge >= 0.3 is 0 Å². The van der Waals surface area contributed by atoms with Gasteiger partial charge in [-0.15, -0.1) is 0 Å².